The molecule has 0 saturated carbocycles. The molecule has 0 aromatic heterocycles. The molecule has 2 amide bonds. The quantitative estimate of drug-likeness (QED) is 0.893. The van der Waals surface area contributed by atoms with Crippen LogP contribution in [0.2, 0.25) is 0 Å². The van der Waals surface area contributed by atoms with Crippen molar-refractivity contribution in [3.05, 3.63) is 30.1 Å². The maximum atomic E-state index is 14.0. The lowest BCUT2D eigenvalue weighted by Gasteiger charge is -2.35. The number of benzene rings is 1. The van der Waals surface area contributed by atoms with Gasteiger partial charge in [0.2, 0.25) is 0 Å². The predicted molar refractivity (Wildman–Crippen MR) is 89.6 cm³/mol. The normalized spacial score (nSPS) is 32.0. The number of anilines is 1. The maximum Gasteiger partial charge on any atom is 0.315 e. The lowest BCUT2D eigenvalue weighted by Crippen LogP contribution is -2.53. The van der Waals surface area contributed by atoms with Crippen molar-refractivity contribution in [2.24, 2.45) is 0 Å². The summed E-state index contributed by atoms with van der Waals surface area (Å²) in [6.45, 7) is 1.46. The van der Waals surface area contributed by atoms with Crippen molar-refractivity contribution in [1.29, 1.82) is 0 Å². The number of ether oxygens (including phenoxy) is 1. The van der Waals surface area contributed by atoms with Gasteiger partial charge in [0.15, 0.2) is 0 Å². The number of carbonyl (C=O) groups is 1. The van der Waals surface area contributed by atoms with Crippen LogP contribution in [-0.4, -0.2) is 43.4 Å². The number of hydrogen-bond donors (Lipinski definition) is 2. The number of halogens is 1. The zero-order valence-corrected chi connectivity index (χ0v) is 13.7. The molecular formula is C18H24FN3O2. The van der Waals surface area contributed by atoms with Crippen LogP contribution in [0.5, 0.6) is 0 Å². The third-order valence-electron chi connectivity index (χ3n) is 5.37. The van der Waals surface area contributed by atoms with Crippen LogP contribution in [0.25, 0.3) is 0 Å². The Morgan fingerprint density at radius 2 is 2.08 bits per heavy atom. The molecule has 0 spiro atoms. The second kappa shape index (κ2) is 6.59. The summed E-state index contributed by atoms with van der Waals surface area (Å²) in [7, 11) is 0. The third kappa shape index (κ3) is 3.20. The van der Waals surface area contributed by atoms with Crippen LogP contribution < -0.4 is 15.5 Å². The molecule has 3 heterocycles. The smallest absolute Gasteiger partial charge is 0.315 e. The van der Waals surface area contributed by atoms with Crippen molar-refractivity contribution >= 4 is 11.7 Å². The molecular weight excluding hydrogens is 309 g/mol. The molecule has 3 saturated heterocycles. The summed E-state index contributed by atoms with van der Waals surface area (Å²) >= 11 is 0. The van der Waals surface area contributed by atoms with Gasteiger partial charge in [-0.1, -0.05) is 12.1 Å². The van der Waals surface area contributed by atoms with Gasteiger partial charge < -0.3 is 20.3 Å². The number of carbonyl (C=O) groups excluding carboxylic acids is 1. The Bertz CT molecular complexity index is 612. The van der Waals surface area contributed by atoms with E-state index in [-0.39, 0.29) is 30.0 Å². The number of para-hydroxylation sites is 1. The molecule has 3 fully saturated rings. The highest BCUT2D eigenvalue weighted by Gasteiger charge is 2.41. The molecule has 4 atom stereocenters. The first-order valence-corrected chi connectivity index (χ1v) is 8.91. The topological polar surface area (TPSA) is 53.6 Å². The van der Waals surface area contributed by atoms with Crippen molar-refractivity contribution in [1.82, 2.24) is 10.6 Å². The fourth-order valence-corrected chi connectivity index (χ4v) is 4.21. The van der Waals surface area contributed by atoms with Crippen LogP contribution in [0.1, 0.15) is 32.1 Å². The van der Waals surface area contributed by atoms with E-state index < -0.39 is 0 Å². The van der Waals surface area contributed by atoms with Crippen molar-refractivity contribution in [2.75, 3.05) is 18.0 Å². The Hall–Kier alpha value is -1.82. The van der Waals surface area contributed by atoms with E-state index >= 15 is 0 Å². The van der Waals surface area contributed by atoms with Gasteiger partial charge in [-0.2, -0.15) is 0 Å². The largest absolute Gasteiger partial charge is 0.373 e. The van der Waals surface area contributed by atoms with Gasteiger partial charge in [-0.25, -0.2) is 9.18 Å². The molecule has 0 unspecified atom stereocenters. The number of amides is 2. The molecule has 6 heteroatoms. The summed E-state index contributed by atoms with van der Waals surface area (Å²) in [6, 6.07) is 6.86. The zero-order chi connectivity index (χ0) is 16.5. The first-order chi connectivity index (χ1) is 11.7. The van der Waals surface area contributed by atoms with E-state index in [2.05, 4.69) is 10.6 Å². The molecule has 3 aliphatic heterocycles. The van der Waals surface area contributed by atoms with Gasteiger partial charge in [-0.3, -0.25) is 0 Å². The molecule has 1 aromatic rings. The number of nitrogens with zero attached hydrogens (tertiary/aromatic N) is 1. The molecule has 5 nitrogen and oxygen atoms in total. The van der Waals surface area contributed by atoms with Gasteiger partial charge in [0.1, 0.15) is 5.82 Å². The summed E-state index contributed by atoms with van der Waals surface area (Å²) in [4.78, 5) is 14.3. The van der Waals surface area contributed by atoms with E-state index in [1.165, 1.54) is 6.07 Å². The summed E-state index contributed by atoms with van der Waals surface area (Å²) in [6.07, 6.45) is 5.45. The predicted octanol–water partition coefficient (Wildman–Crippen LogP) is 2.41. The number of urea groups is 1. The molecule has 3 aliphatic rings. The van der Waals surface area contributed by atoms with Crippen LogP contribution in [0.15, 0.2) is 24.3 Å². The van der Waals surface area contributed by atoms with E-state index in [1.807, 2.05) is 11.0 Å². The first-order valence-electron chi connectivity index (χ1n) is 8.91. The summed E-state index contributed by atoms with van der Waals surface area (Å²) in [5.41, 5.74) is 0.617. The van der Waals surface area contributed by atoms with E-state index in [4.69, 9.17) is 4.74 Å². The number of nitrogens with one attached hydrogen (secondary N) is 2. The van der Waals surface area contributed by atoms with Crippen LogP contribution in [0.4, 0.5) is 14.9 Å². The Morgan fingerprint density at radius 3 is 2.83 bits per heavy atom. The highest BCUT2D eigenvalue weighted by molar-refractivity contribution is 5.75. The highest BCUT2D eigenvalue weighted by Crippen LogP contribution is 2.34. The Balaban J connectivity index is 1.31. The van der Waals surface area contributed by atoms with Gasteiger partial charge in [-0.05, 0) is 44.2 Å². The zero-order valence-electron chi connectivity index (χ0n) is 13.7. The van der Waals surface area contributed by atoms with E-state index in [0.717, 1.165) is 38.6 Å². The van der Waals surface area contributed by atoms with E-state index in [1.54, 1.807) is 12.1 Å². The minimum atomic E-state index is -0.207. The Kier molecular flexibility index (Phi) is 4.31. The fourth-order valence-electron chi connectivity index (χ4n) is 4.21. The number of fused-ring (bicyclic) bond motifs is 2. The lowest BCUT2D eigenvalue weighted by atomic mass is 9.96. The lowest BCUT2D eigenvalue weighted by molar-refractivity contribution is 0.0980. The van der Waals surface area contributed by atoms with Crippen LogP contribution >= 0.6 is 0 Å². The number of piperidine rings is 1. The van der Waals surface area contributed by atoms with Crippen LogP contribution in [0, 0.1) is 5.82 Å². The Labute approximate surface area is 141 Å². The molecule has 130 valence electrons. The highest BCUT2D eigenvalue weighted by atomic mass is 19.1. The summed E-state index contributed by atoms with van der Waals surface area (Å²) < 4.78 is 19.7. The van der Waals surface area contributed by atoms with E-state index in [9.17, 15) is 9.18 Å². The third-order valence-corrected chi connectivity index (χ3v) is 5.37. The summed E-state index contributed by atoms with van der Waals surface area (Å²) in [5.74, 6) is -0.207. The van der Waals surface area contributed by atoms with Crippen molar-refractivity contribution in [2.45, 2.75) is 56.4 Å². The van der Waals surface area contributed by atoms with Crippen molar-refractivity contribution in [3.63, 3.8) is 0 Å². The molecule has 2 bridgehead atoms. The van der Waals surface area contributed by atoms with Gasteiger partial charge >= 0.3 is 6.03 Å². The number of rotatable bonds is 3. The fraction of sp³-hybridized carbons (Fsp3) is 0.611. The van der Waals surface area contributed by atoms with Crippen molar-refractivity contribution < 1.29 is 13.9 Å². The molecule has 0 aliphatic carbocycles. The van der Waals surface area contributed by atoms with Gasteiger partial charge in [-0.15, -0.1) is 0 Å². The summed E-state index contributed by atoms with van der Waals surface area (Å²) in [5, 5.41) is 6.11. The molecule has 2 N–H and O–H groups in total. The second-order valence-corrected chi connectivity index (χ2v) is 7.07. The SMILES string of the molecule is O=C(N[C@H]1CCCN(c2ccccc2F)C1)N[C@H]1C[C@H]2CC[C@H]1O2. The van der Waals surface area contributed by atoms with Gasteiger partial charge in [0.05, 0.1) is 23.9 Å². The van der Waals surface area contributed by atoms with Crippen LogP contribution in [0.3, 0.4) is 0 Å². The van der Waals surface area contributed by atoms with Crippen molar-refractivity contribution in [3.8, 4) is 0 Å². The molecule has 4 rings (SSSR count). The molecule has 0 radical (unpaired) electrons. The molecule has 24 heavy (non-hydrogen) atoms. The standard InChI is InChI=1S/C18H24FN3O2/c19-14-5-1-2-6-16(14)22-9-3-4-12(11-22)20-18(23)21-15-10-13-7-8-17(15)24-13/h1-2,5-6,12-13,15,17H,3-4,7-11H2,(H2,20,21,23)/t12-,13+,15-,17+/m0/s1. The monoisotopic (exact) mass is 333 g/mol. The number of hydrogen-bond acceptors (Lipinski definition) is 3. The average molecular weight is 333 g/mol. The minimum absolute atomic E-state index is 0.0397. The first kappa shape index (κ1) is 15.7. The molecule has 1 aromatic carbocycles. The van der Waals surface area contributed by atoms with Crippen LogP contribution in [-0.2, 0) is 4.74 Å². The minimum Gasteiger partial charge on any atom is -0.373 e. The van der Waals surface area contributed by atoms with Gasteiger partial charge in [0.25, 0.3) is 0 Å². The maximum absolute atomic E-state index is 14.0. The Morgan fingerprint density at radius 1 is 1.21 bits per heavy atom. The average Bonchev–Trinajstić information content (AvgIpc) is 3.18. The second-order valence-electron chi connectivity index (χ2n) is 7.07. The van der Waals surface area contributed by atoms with Gasteiger partial charge in [0, 0.05) is 19.1 Å². The van der Waals surface area contributed by atoms with E-state index in [0.29, 0.717) is 18.3 Å².